The zero-order valence-electron chi connectivity index (χ0n) is 9.60. The number of aliphatic carboxylic acids is 1. The van der Waals surface area contributed by atoms with Gasteiger partial charge in [-0.3, -0.25) is 4.79 Å². The van der Waals surface area contributed by atoms with Gasteiger partial charge in [0.1, 0.15) is 11.8 Å². The summed E-state index contributed by atoms with van der Waals surface area (Å²) in [6.45, 7) is -0.348. The summed E-state index contributed by atoms with van der Waals surface area (Å²) >= 11 is 15.4. The van der Waals surface area contributed by atoms with Gasteiger partial charge in [-0.15, -0.1) is 0 Å². The van der Waals surface area contributed by atoms with Crippen LogP contribution in [0.1, 0.15) is 0 Å². The molecule has 8 heteroatoms. The maximum absolute atomic E-state index is 11.5. The zero-order valence-corrected chi connectivity index (χ0v) is 12.0. The van der Waals surface area contributed by atoms with E-state index in [1.807, 2.05) is 0 Å². The van der Waals surface area contributed by atoms with Gasteiger partial charge in [0, 0.05) is 10.8 Å². The van der Waals surface area contributed by atoms with Gasteiger partial charge < -0.3 is 15.2 Å². The second-order valence-corrected chi connectivity index (χ2v) is 4.71. The number of nitrogens with one attached hydrogen (secondary N) is 1. The molecule has 0 aliphatic carbocycles. The van der Waals surface area contributed by atoms with Gasteiger partial charge >= 0.3 is 5.97 Å². The molecule has 2 N–H and O–H groups in total. The lowest BCUT2D eigenvalue weighted by Crippen LogP contribution is -2.44. The number of benzene rings is 1. The molecule has 0 aromatic heterocycles. The first-order valence-corrected chi connectivity index (χ1v) is 6.53. The highest BCUT2D eigenvalue weighted by atomic mass is 35.5. The monoisotopic (exact) mass is 323 g/mol. The molecule has 0 saturated heterocycles. The minimum atomic E-state index is -1.16. The Balaban J connectivity index is 2.52. The SMILES string of the molecule is O=C(COc1ccc(Cl)cc1Cl)N[C@@H](CS)C(=O)O. The van der Waals surface area contributed by atoms with Crippen LogP contribution in [0, 0.1) is 0 Å². The van der Waals surface area contributed by atoms with E-state index in [0.717, 1.165) is 0 Å². The maximum Gasteiger partial charge on any atom is 0.327 e. The molecule has 0 aliphatic heterocycles. The number of hydrogen-bond donors (Lipinski definition) is 3. The normalized spacial score (nSPS) is 11.7. The van der Waals surface area contributed by atoms with Crippen LogP contribution in [0.25, 0.3) is 0 Å². The van der Waals surface area contributed by atoms with Crippen LogP contribution in [-0.2, 0) is 9.59 Å². The summed E-state index contributed by atoms with van der Waals surface area (Å²) in [7, 11) is 0. The molecule has 1 atom stereocenters. The summed E-state index contributed by atoms with van der Waals surface area (Å²) in [6.07, 6.45) is 0. The number of thiol groups is 1. The fourth-order valence-corrected chi connectivity index (χ4v) is 1.87. The molecule has 5 nitrogen and oxygen atoms in total. The Morgan fingerprint density at radius 1 is 1.42 bits per heavy atom. The van der Waals surface area contributed by atoms with Gasteiger partial charge in [0.05, 0.1) is 5.02 Å². The Morgan fingerprint density at radius 2 is 2.11 bits per heavy atom. The average Bonchev–Trinajstić information content (AvgIpc) is 2.34. The summed E-state index contributed by atoms with van der Waals surface area (Å²) in [5, 5.41) is 11.7. The molecular weight excluding hydrogens is 313 g/mol. The lowest BCUT2D eigenvalue weighted by molar-refractivity contribution is -0.141. The van der Waals surface area contributed by atoms with Crippen LogP contribution in [0.3, 0.4) is 0 Å². The van der Waals surface area contributed by atoms with E-state index in [-0.39, 0.29) is 17.4 Å². The highest BCUT2D eigenvalue weighted by Gasteiger charge is 2.18. The molecule has 0 spiro atoms. The van der Waals surface area contributed by atoms with Crippen molar-refractivity contribution in [3.63, 3.8) is 0 Å². The number of hydrogen-bond acceptors (Lipinski definition) is 4. The van der Waals surface area contributed by atoms with Crippen LogP contribution >= 0.6 is 35.8 Å². The van der Waals surface area contributed by atoms with Crippen molar-refractivity contribution in [3.05, 3.63) is 28.2 Å². The maximum atomic E-state index is 11.5. The summed E-state index contributed by atoms with van der Waals surface area (Å²) in [5.74, 6) is -1.46. The van der Waals surface area contributed by atoms with E-state index in [2.05, 4.69) is 17.9 Å². The topological polar surface area (TPSA) is 75.6 Å². The molecule has 19 heavy (non-hydrogen) atoms. The summed E-state index contributed by atoms with van der Waals surface area (Å²) in [6, 6.07) is 3.50. The van der Waals surface area contributed by atoms with E-state index in [1.54, 1.807) is 6.07 Å². The first-order chi connectivity index (χ1) is 8.93. The standard InChI is InChI=1S/C11H11Cl2NO4S/c12-6-1-2-9(7(13)3-6)18-4-10(15)14-8(5-19)11(16)17/h1-3,8,19H,4-5H2,(H,14,15)(H,16,17)/t8-/m0/s1. The van der Waals surface area contributed by atoms with Gasteiger partial charge in [-0.2, -0.15) is 12.6 Å². The first kappa shape index (κ1) is 15.9. The van der Waals surface area contributed by atoms with Gasteiger partial charge in [0.15, 0.2) is 6.61 Å². The third kappa shape index (κ3) is 5.18. The fraction of sp³-hybridized carbons (Fsp3) is 0.273. The number of amides is 1. The number of ether oxygens (including phenoxy) is 1. The number of carbonyl (C=O) groups is 2. The lowest BCUT2D eigenvalue weighted by Gasteiger charge is -2.13. The molecule has 0 bridgehead atoms. The van der Waals surface area contributed by atoms with Crippen molar-refractivity contribution in [1.82, 2.24) is 5.32 Å². The van der Waals surface area contributed by atoms with Gasteiger partial charge in [-0.25, -0.2) is 4.79 Å². The Bertz CT molecular complexity index is 484. The van der Waals surface area contributed by atoms with Crippen LogP contribution in [0.2, 0.25) is 10.0 Å². The predicted octanol–water partition coefficient (Wildman–Crippen LogP) is 1.87. The zero-order chi connectivity index (χ0) is 14.4. The van der Waals surface area contributed by atoms with Crippen LogP contribution in [-0.4, -0.2) is 35.4 Å². The molecule has 0 radical (unpaired) electrons. The van der Waals surface area contributed by atoms with E-state index in [9.17, 15) is 9.59 Å². The van der Waals surface area contributed by atoms with E-state index in [4.69, 9.17) is 33.0 Å². The van der Waals surface area contributed by atoms with Crippen molar-refractivity contribution in [2.45, 2.75) is 6.04 Å². The van der Waals surface area contributed by atoms with Gasteiger partial charge in [0.25, 0.3) is 5.91 Å². The molecule has 1 amide bonds. The van der Waals surface area contributed by atoms with E-state index in [0.29, 0.717) is 10.8 Å². The van der Waals surface area contributed by atoms with Crippen molar-refractivity contribution in [1.29, 1.82) is 0 Å². The Labute approximate surface area is 125 Å². The average molecular weight is 324 g/mol. The molecule has 1 aromatic rings. The number of carboxylic acids is 1. The van der Waals surface area contributed by atoms with Crippen LogP contribution in [0.5, 0.6) is 5.75 Å². The van der Waals surface area contributed by atoms with E-state index in [1.165, 1.54) is 12.1 Å². The molecule has 1 rings (SSSR count). The Morgan fingerprint density at radius 3 is 2.63 bits per heavy atom. The molecule has 0 saturated carbocycles. The van der Waals surface area contributed by atoms with Crippen LogP contribution < -0.4 is 10.1 Å². The third-order valence-corrected chi connectivity index (χ3v) is 2.96. The van der Waals surface area contributed by atoms with Gasteiger partial charge in [0.2, 0.25) is 0 Å². The summed E-state index contributed by atoms with van der Waals surface area (Å²) in [5.41, 5.74) is 0. The van der Waals surface area contributed by atoms with Crippen LogP contribution in [0.15, 0.2) is 18.2 Å². The number of carboxylic acid groups (broad SMARTS) is 1. The number of carbonyl (C=O) groups excluding carboxylic acids is 1. The molecular formula is C11H11Cl2NO4S. The second-order valence-electron chi connectivity index (χ2n) is 3.50. The lowest BCUT2D eigenvalue weighted by atomic mass is 10.3. The predicted molar refractivity (Wildman–Crippen MR) is 75.4 cm³/mol. The van der Waals surface area contributed by atoms with Crippen molar-refractivity contribution >= 4 is 47.7 Å². The molecule has 0 unspecified atom stereocenters. The van der Waals surface area contributed by atoms with Crippen molar-refractivity contribution < 1.29 is 19.4 Å². The van der Waals surface area contributed by atoms with E-state index >= 15 is 0 Å². The second kappa shape index (κ2) is 7.47. The molecule has 1 aromatic carbocycles. The number of rotatable bonds is 6. The molecule has 104 valence electrons. The smallest absolute Gasteiger partial charge is 0.327 e. The first-order valence-electron chi connectivity index (χ1n) is 5.15. The van der Waals surface area contributed by atoms with Crippen molar-refractivity contribution in [2.24, 2.45) is 0 Å². The number of halogens is 2. The van der Waals surface area contributed by atoms with Crippen LogP contribution in [0.4, 0.5) is 0 Å². The molecule has 0 fully saturated rings. The minimum absolute atomic E-state index is 0.0111. The largest absolute Gasteiger partial charge is 0.482 e. The Hall–Kier alpha value is -1.11. The summed E-state index contributed by atoms with van der Waals surface area (Å²) in [4.78, 5) is 22.2. The third-order valence-electron chi connectivity index (χ3n) is 2.07. The molecule has 0 heterocycles. The molecule has 0 aliphatic rings. The fourth-order valence-electron chi connectivity index (χ4n) is 1.16. The Kier molecular flexibility index (Phi) is 6.27. The summed E-state index contributed by atoms with van der Waals surface area (Å²) < 4.78 is 5.16. The minimum Gasteiger partial charge on any atom is -0.482 e. The van der Waals surface area contributed by atoms with Crippen molar-refractivity contribution in [3.8, 4) is 5.75 Å². The van der Waals surface area contributed by atoms with Gasteiger partial charge in [-0.1, -0.05) is 23.2 Å². The quantitative estimate of drug-likeness (QED) is 0.699. The highest BCUT2D eigenvalue weighted by molar-refractivity contribution is 7.80. The van der Waals surface area contributed by atoms with Crippen molar-refractivity contribution in [2.75, 3.05) is 12.4 Å². The van der Waals surface area contributed by atoms with E-state index < -0.39 is 17.9 Å². The highest BCUT2D eigenvalue weighted by Crippen LogP contribution is 2.27. The van der Waals surface area contributed by atoms with Gasteiger partial charge in [-0.05, 0) is 18.2 Å².